The van der Waals surface area contributed by atoms with E-state index < -0.39 is 6.04 Å². The van der Waals surface area contributed by atoms with Gasteiger partial charge in [0.25, 0.3) is 0 Å². The molecule has 0 radical (unpaired) electrons. The summed E-state index contributed by atoms with van der Waals surface area (Å²) in [5.74, 6) is -0.553. The first-order chi connectivity index (χ1) is 7.65. The van der Waals surface area contributed by atoms with E-state index in [1.165, 1.54) is 11.3 Å². The van der Waals surface area contributed by atoms with E-state index in [2.05, 4.69) is 10.6 Å². The Morgan fingerprint density at radius 2 is 2.25 bits per heavy atom. The monoisotopic (exact) mass is 241 g/mol. The standard InChI is InChI=1S/C10H15N3O2S/c1-2-12-8(14)6-13-10(15)9(11)7-4-3-5-16-7/h3-5,9H,2,6,11H2,1H3,(H,12,14)(H,13,15). The van der Waals surface area contributed by atoms with Gasteiger partial charge in [0.1, 0.15) is 6.04 Å². The molecule has 1 unspecified atom stereocenters. The average Bonchev–Trinajstić information content (AvgIpc) is 2.78. The van der Waals surface area contributed by atoms with Crippen LogP contribution in [0, 0.1) is 0 Å². The number of thiophene rings is 1. The fraction of sp³-hybridized carbons (Fsp3) is 0.400. The Labute approximate surface area is 98.0 Å². The van der Waals surface area contributed by atoms with Gasteiger partial charge in [-0.3, -0.25) is 9.59 Å². The summed E-state index contributed by atoms with van der Waals surface area (Å²) in [5, 5.41) is 6.92. The molecule has 0 aliphatic carbocycles. The van der Waals surface area contributed by atoms with Crippen LogP contribution in [0.2, 0.25) is 0 Å². The normalized spacial score (nSPS) is 11.9. The van der Waals surface area contributed by atoms with Crippen LogP contribution in [-0.2, 0) is 9.59 Å². The summed E-state index contributed by atoms with van der Waals surface area (Å²) >= 11 is 1.42. The Kier molecular flexibility index (Phi) is 4.94. The Balaban J connectivity index is 2.38. The third-order valence-corrected chi connectivity index (χ3v) is 2.88. The zero-order chi connectivity index (χ0) is 12.0. The minimum absolute atomic E-state index is 0.0360. The molecule has 1 aromatic heterocycles. The van der Waals surface area contributed by atoms with Gasteiger partial charge in [-0.15, -0.1) is 11.3 Å². The predicted molar refractivity (Wildman–Crippen MR) is 62.9 cm³/mol. The highest BCUT2D eigenvalue weighted by molar-refractivity contribution is 7.10. The minimum atomic E-state index is -0.700. The first kappa shape index (κ1) is 12.7. The van der Waals surface area contributed by atoms with Gasteiger partial charge >= 0.3 is 0 Å². The van der Waals surface area contributed by atoms with Crippen molar-refractivity contribution in [1.29, 1.82) is 0 Å². The van der Waals surface area contributed by atoms with E-state index in [0.29, 0.717) is 6.54 Å². The lowest BCUT2D eigenvalue weighted by Gasteiger charge is -2.10. The van der Waals surface area contributed by atoms with E-state index in [4.69, 9.17) is 5.73 Å². The van der Waals surface area contributed by atoms with Crippen LogP contribution < -0.4 is 16.4 Å². The topological polar surface area (TPSA) is 84.2 Å². The molecule has 0 aliphatic heterocycles. The van der Waals surface area contributed by atoms with Gasteiger partial charge in [0, 0.05) is 11.4 Å². The van der Waals surface area contributed by atoms with Crippen molar-refractivity contribution in [3.63, 3.8) is 0 Å². The van der Waals surface area contributed by atoms with E-state index in [0.717, 1.165) is 4.88 Å². The SMILES string of the molecule is CCNC(=O)CNC(=O)C(N)c1cccs1. The second kappa shape index (κ2) is 6.24. The van der Waals surface area contributed by atoms with E-state index in [-0.39, 0.29) is 18.4 Å². The van der Waals surface area contributed by atoms with Crippen LogP contribution in [0.15, 0.2) is 17.5 Å². The number of nitrogens with one attached hydrogen (secondary N) is 2. The molecular weight excluding hydrogens is 226 g/mol. The summed E-state index contributed by atoms with van der Waals surface area (Å²) in [5.41, 5.74) is 5.71. The van der Waals surface area contributed by atoms with E-state index in [1.807, 2.05) is 18.4 Å². The lowest BCUT2D eigenvalue weighted by Crippen LogP contribution is -2.40. The van der Waals surface area contributed by atoms with Crippen LogP contribution in [0.25, 0.3) is 0 Å². The van der Waals surface area contributed by atoms with Crippen LogP contribution >= 0.6 is 11.3 Å². The molecule has 1 aromatic rings. The van der Waals surface area contributed by atoms with Crippen LogP contribution in [0.5, 0.6) is 0 Å². The largest absolute Gasteiger partial charge is 0.355 e. The van der Waals surface area contributed by atoms with Gasteiger partial charge < -0.3 is 16.4 Å². The molecular formula is C10H15N3O2S. The second-order valence-corrected chi connectivity index (χ2v) is 4.14. The van der Waals surface area contributed by atoms with E-state index in [9.17, 15) is 9.59 Å². The quantitative estimate of drug-likeness (QED) is 0.678. The number of rotatable bonds is 5. The van der Waals surface area contributed by atoms with Crippen molar-refractivity contribution in [2.45, 2.75) is 13.0 Å². The van der Waals surface area contributed by atoms with Gasteiger partial charge in [-0.1, -0.05) is 6.07 Å². The van der Waals surface area contributed by atoms with Crippen LogP contribution in [0.3, 0.4) is 0 Å². The molecule has 6 heteroatoms. The first-order valence-corrected chi connectivity index (χ1v) is 5.86. The van der Waals surface area contributed by atoms with Crippen molar-refractivity contribution >= 4 is 23.2 Å². The molecule has 4 N–H and O–H groups in total. The van der Waals surface area contributed by atoms with Crippen LogP contribution in [0.4, 0.5) is 0 Å². The van der Waals surface area contributed by atoms with Gasteiger partial charge in [0.15, 0.2) is 0 Å². The molecule has 1 rings (SSSR count). The molecule has 2 amide bonds. The van der Waals surface area contributed by atoms with Crippen LogP contribution in [0.1, 0.15) is 17.8 Å². The van der Waals surface area contributed by atoms with E-state index in [1.54, 1.807) is 6.07 Å². The molecule has 5 nitrogen and oxygen atoms in total. The number of nitrogens with two attached hydrogens (primary N) is 1. The number of carbonyl (C=O) groups excluding carboxylic acids is 2. The molecule has 1 heterocycles. The number of hydrogen-bond acceptors (Lipinski definition) is 4. The van der Waals surface area contributed by atoms with Gasteiger partial charge in [-0.05, 0) is 18.4 Å². The Morgan fingerprint density at radius 1 is 1.50 bits per heavy atom. The van der Waals surface area contributed by atoms with E-state index >= 15 is 0 Å². The Hall–Kier alpha value is -1.40. The zero-order valence-corrected chi connectivity index (χ0v) is 9.84. The summed E-state index contributed by atoms with van der Waals surface area (Å²) in [6, 6.07) is 2.92. The van der Waals surface area contributed by atoms with Crippen molar-refractivity contribution in [2.24, 2.45) is 5.73 Å². The maximum absolute atomic E-state index is 11.5. The first-order valence-electron chi connectivity index (χ1n) is 4.98. The molecule has 0 bridgehead atoms. The number of amides is 2. The summed E-state index contributed by atoms with van der Waals surface area (Å²) in [6.07, 6.45) is 0. The zero-order valence-electron chi connectivity index (χ0n) is 9.03. The lowest BCUT2D eigenvalue weighted by atomic mass is 10.2. The van der Waals surface area contributed by atoms with Gasteiger partial charge in [-0.25, -0.2) is 0 Å². The van der Waals surface area contributed by atoms with Crippen molar-refractivity contribution in [3.8, 4) is 0 Å². The minimum Gasteiger partial charge on any atom is -0.355 e. The molecule has 0 spiro atoms. The molecule has 0 saturated heterocycles. The van der Waals surface area contributed by atoms with Crippen molar-refractivity contribution < 1.29 is 9.59 Å². The molecule has 88 valence electrons. The highest BCUT2D eigenvalue weighted by atomic mass is 32.1. The van der Waals surface area contributed by atoms with Gasteiger partial charge in [0.2, 0.25) is 11.8 Å². The predicted octanol–water partition coefficient (Wildman–Crippen LogP) is 0.000200. The molecule has 16 heavy (non-hydrogen) atoms. The third kappa shape index (κ3) is 3.63. The summed E-state index contributed by atoms with van der Waals surface area (Å²) < 4.78 is 0. The molecule has 0 fully saturated rings. The number of likely N-dealkylation sites (N-methyl/N-ethyl adjacent to an activating group) is 1. The average molecular weight is 241 g/mol. The fourth-order valence-electron chi connectivity index (χ4n) is 1.13. The molecule has 1 atom stereocenters. The van der Waals surface area contributed by atoms with Crippen molar-refractivity contribution in [3.05, 3.63) is 22.4 Å². The highest BCUT2D eigenvalue weighted by Gasteiger charge is 2.16. The van der Waals surface area contributed by atoms with Gasteiger partial charge in [0.05, 0.1) is 6.54 Å². The maximum atomic E-state index is 11.5. The maximum Gasteiger partial charge on any atom is 0.242 e. The molecule has 0 aliphatic rings. The number of hydrogen-bond donors (Lipinski definition) is 3. The van der Waals surface area contributed by atoms with Crippen LogP contribution in [-0.4, -0.2) is 24.9 Å². The summed E-state index contributed by atoms with van der Waals surface area (Å²) in [6.45, 7) is 2.33. The highest BCUT2D eigenvalue weighted by Crippen LogP contribution is 2.16. The van der Waals surface area contributed by atoms with Crippen molar-refractivity contribution in [1.82, 2.24) is 10.6 Å². The molecule has 0 saturated carbocycles. The third-order valence-electron chi connectivity index (χ3n) is 1.93. The Bertz CT molecular complexity index is 351. The summed E-state index contributed by atoms with van der Waals surface area (Å²) in [7, 11) is 0. The second-order valence-electron chi connectivity index (χ2n) is 3.16. The van der Waals surface area contributed by atoms with Gasteiger partial charge in [-0.2, -0.15) is 0 Å². The Morgan fingerprint density at radius 3 is 2.81 bits per heavy atom. The fourth-order valence-corrected chi connectivity index (χ4v) is 1.86. The summed E-state index contributed by atoms with van der Waals surface area (Å²) in [4.78, 5) is 23.4. The lowest BCUT2D eigenvalue weighted by molar-refractivity contribution is -0.126. The smallest absolute Gasteiger partial charge is 0.242 e. The van der Waals surface area contributed by atoms with Crippen molar-refractivity contribution in [2.75, 3.05) is 13.1 Å². The molecule has 0 aromatic carbocycles. The number of carbonyl (C=O) groups is 2.